The van der Waals surface area contributed by atoms with Crippen LogP contribution in [0, 0.1) is 0 Å². The standard InChI is InChI=1S/C30H28N2O6/c33-28-18-26(36-20-23-10-4-1-5-11-23)16-17-32(28)19-27(29(34)37-21-24-12-6-2-7-13-24)31-30(35)38-22-25-14-8-3-9-15-25/h1-18,27H,19-22H2,(H,31,35). The van der Waals surface area contributed by atoms with Crippen molar-refractivity contribution in [2.45, 2.75) is 32.4 Å². The summed E-state index contributed by atoms with van der Waals surface area (Å²) in [5.41, 5.74) is 2.17. The number of benzene rings is 3. The summed E-state index contributed by atoms with van der Waals surface area (Å²) >= 11 is 0. The summed E-state index contributed by atoms with van der Waals surface area (Å²) in [6, 6.07) is 29.7. The Hall–Kier alpha value is -4.85. The minimum Gasteiger partial charge on any atom is -0.489 e. The van der Waals surface area contributed by atoms with Crippen LogP contribution in [0.15, 0.2) is 114 Å². The molecular formula is C30H28N2O6. The summed E-state index contributed by atoms with van der Waals surface area (Å²) in [5, 5.41) is 2.53. The van der Waals surface area contributed by atoms with Crippen LogP contribution in [0.25, 0.3) is 0 Å². The van der Waals surface area contributed by atoms with Gasteiger partial charge in [0, 0.05) is 12.3 Å². The molecule has 0 fully saturated rings. The summed E-state index contributed by atoms with van der Waals surface area (Å²) in [4.78, 5) is 38.2. The third-order valence-electron chi connectivity index (χ3n) is 5.61. The highest BCUT2D eigenvalue weighted by Crippen LogP contribution is 2.11. The Kier molecular flexibility index (Phi) is 9.28. The summed E-state index contributed by atoms with van der Waals surface area (Å²) in [6.45, 7) is 0.226. The summed E-state index contributed by atoms with van der Waals surface area (Å²) in [6.07, 6.45) is 0.711. The van der Waals surface area contributed by atoms with Gasteiger partial charge in [0.05, 0.1) is 6.54 Å². The first-order valence-corrected chi connectivity index (χ1v) is 12.1. The van der Waals surface area contributed by atoms with Gasteiger partial charge in [-0.15, -0.1) is 0 Å². The lowest BCUT2D eigenvalue weighted by molar-refractivity contribution is -0.147. The number of ether oxygens (including phenoxy) is 3. The van der Waals surface area contributed by atoms with E-state index in [-0.39, 0.29) is 19.8 Å². The summed E-state index contributed by atoms with van der Waals surface area (Å²) in [7, 11) is 0. The number of pyridine rings is 1. The molecular weight excluding hydrogens is 484 g/mol. The van der Waals surface area contributed by atoms with Gasteiger partial charge in [0.25, 0.3) is 5.56 Å². The van der Waals surface area contributed by atoms with Crippen molar-refractivity contribution in [3.8, 4) is 5.75 Å². The maximum Gasteiger partial charge on any atom is 0.408 e. The van der Waals surface area contributed by atoms with Crippen molar-refractivity contribution >= 4 is 12.1 Å². The maximum absolute atomic E-state index is 12.9. The van der Waals surface area contributed by atoms with E-state index in [1.807, 2.05) is 91.0 Å². The van der Waals surface area contributed by atoms with E-state index in [2.05, 4.69) is 5.32 Å². The first-order chi connectivity index (χ1) is 18.6. The Balaban J connectivity index is 1.41. The number of hydrogen-bond donors (Lipinski definition) is 1. The first-order valence-electron chi connectivity index (χ1n) is 12.1. The molecule has 4 rings (SSSR count). The van der Waals surface area contributed by atoms with E-state index in [1.54, 1.807) is 6.07 Å². The van der Waals surface area contributed by atoms with Gasteiger partial charge in [0.2, 0.25) is 0 Å². The lowest BCUT2D eigenvalue weighted by atomic mass is 10.2. The third-order valence-corrected chi connectivity index (χ3v) is 5.61. The molecule has 0 aliphatic carbocycles. The number of nitrogens with one attached hydrogen (secondary N) is 1. The lowest BCUT2D eigenvalue weighted by Crippen LogP contribution is -2.46. The van der Waals surface area contributed by atoms with Gasteiger partial charge in [-0.3, -0.25) is 4.79 Å². The van der Waals surface area contributed by atoms with Crippen LogP contribution < -0.4 is 15.6 Å². The van der Waals surface area contributed by atoms with Crippen molar-refractivity contribution in [3.05, 3.63) is 136 Å². The molecule has 8 heteroatoms. The number of aromatic nitrogens is 1. The monoisotopic (exact) mass is 512 g/mol. The average Bonchev–Trinajstić information content (AvgIpc) is 2.96. The van der Waals surface area contributed by atoms with E-state index in [4.69, 9.17) is 14.2 Å². The van der Waals surface area contributed by atoms with Gasteiger partial charge < -0.3 is 24.1 Å². The SMILES string of the molecule is O=C(NC(Cn1ccc(OCc2ccccc2)cc1=O)C(=O)OCc1ccccc1)OCc1ccccc1. The molecule has 1 amide bonds. The molecule has 1 unspecified atom stereocenters. The Morgan fingerprint density at radius 2 is 1.24 bits per heavy atom. The predicted molar refractivity (Wildman–Crippen MR) is 141 cm³/mol. The lowest BCUT2D eigenvalue weighted by Gasteiger charge is -2.19. The molecule has 1 heterocycles. The molecule has 1 atom stereocenters. The Labute approximate surface area is 220 Å². The fourth-order valence-corrected chi connectivity index (χ4v) is 3.58. The zero-order chi connectivity index (χ0) is 26.6. The van der Waals surface area contributed by atoms with Gasteiger partial charge >= 0.3 is 12.1 Å². The summed E-state index contributed by atoms with van der Waals surface area (Å²) < 4.78 is 17.7. The van der Waals surface area contributed by atoms with Gasteiger partial charge in [-0.2, -0.15) is 0 Å². The first kappa shape index (κ1) is 26.2. The largest absolute Gasteiger partial charge is 0.489 e. The normalized spacial score (nSPS) is 11.3. The number of esters is 1. The number of amides is 1. The molecule has 1 aromatic heterocycles. The highest BCUT2D eigenvalue weighted by atomic mass is 16.6. The van der Waals surface area contributed by atoms with Crippen LogP contribution in [0.4, 0.5) is 4.79 Å². The van der Waals surface area contributed by atoms with E-state index < -0.39 is 23.7 Å². The second-order valence-electron chi connectivity index (χ2n) is 8.48. The molecule has 0 saturated heterocycles. The third kappa shape index (κ3) is 8.09. The Bertz CT molecular complexity index is 1370. The molecule has 38 heavy (non-hydrogen) atoms. The molecule has 0 radical (unpaired) electrons. The van der Waals surface area contributed by atoms with Crippen LogP contribution >= 0.6 is 0 Å². The number of rotatable bonds is 11. The fraction of sp³-hybridized carbons (Fsp3) is 0.167. The van der Waals surface area contributed by atoms with Crippen LogP contribution in [0.2, 0.25) is 0 Å². The molecule has 4 aromatic rings. The van der Waals surface area contributed by atoms with Crippen LogP contribution in [-0.2, 0) is 40.6 Å². The molecule has 194 valence electrons. The predicted octanol–water partition coefficient (Wildman–Crippen LogP) is 4.47. The Morgan fingerprint density at radius 1 is 0.711 bits per heavy atom. The molecule has 1 N–H and O–H groups in total. The number of nitrogens with zero attached hydrogens (tertiary/aromatic N) is 1. The zero-order valence-electron chi connectivity index (χ0n) is 20.7. The van der Waals surface area contributed by atoms with Gasteiger partial charge in [-0.25, -0.2) is 9.59 Å². The highest BCUT2D eigenvalue weighted by molar-refractivity contribution is 5.81. The van der Waals surface area contributed by atoms with Crippen LogP contribution in [0.1, 0.15) is 16.7 Å². The van der Waals surface area contributed by atoms with Gasteiger partial charge in [-0.1, -0.05) is 91.0 Å². The number of alkyl carbamates (subject to hydrolysis) is 1. The van der Waals surface area contributed by atoms with E-state index in [9.17, 15) is 14.4 Å². The van der Waals surface area contributed by atoms with Crippen molar-refractivity contribution < 1.29 is 23.8 Å². The molecule has 0 spiro atoms. The molecule has 8 nitrogen and oxygen atoms in total. The van der Waals surface area contributed by atoms with E-state index in [0.29, 0.717) is 12.4 Å². The van der Waals surface area contributed by atoms with Gasteiger partial charge in [0.15, 0.2) is 0 Å². The van der Waals surface area contributed by atoms with Gasteiger partial charge in [-0.05, 0) is 22.8 Å². The van der Waals surface area contributed by atoms with Crippen molar-refractivity contribution in [3.63, 3.8) is 0 Å². The minimum absolute atomic E-state index is 0.0259. The molecule has 0 aliphatic rings. The topological polar surface area (TPSA) is 95.9 Å². The number of hydrogen-bond acceptors (Lipinski definition) is 6. The van der Waals surface area contributed by atoms with E-state index >= 15 is 0 Å². The maximum atomic E-state index is 12.9. The van der Waals surface area contributed by atoms with Crippen molar-refractivity contribution in [2.24, 2.45) is 0 Å². The summed E-state index contributed by atoms with van der Waals surface area (Å²) in [5.74, 6) is -0.296. The number of carbonyl (C=O) groups excluding carboxylic acids is 2. The van der Waals surface area contributed by atoms with E-state index in [1.165, 1.54) is 16.8 Å². The molecule has 3 aromatic carbocycles. The van der Waals surface area contributed by atoms with Crippen LogP contribution in [0.5, 0.6) is 5.75 Å². The second-order valence-corrected chi connectivity index (χ2v) is 8.48. The highest BCUT2D eigenvalue weighted by Gasteiger charge is 2.24. The minimum atomic E-state index is -1.16. The van der Waals surface area contributed by atoms with E-state index in [0.717, 1.165) is 16.7 Å². The smallest absolute Gasteiger partial charge is 0.408 e. The zero-order valence-corrected chi connectivity index (χ0v) is 20.7. The molecule has 0 bridgehead atoms. The van der Waals surface area contributed by atoms with Gasteiger partial charge in [0.1, 0.15) is 31.6 Å². The second kappa shape index (κ2) is 13.5. The molecule has 0 saturated carbocycles. The average molecular weight is 513 g/mol. The van der Waals surface area contributed by atoms with Crippen LogP contribution in [-0.4, -0.2) is 22.7 Å². The quantitative estimate of drug-likeness (QED) is 0.298. The Morgan fingerprint density at radius 3 is 1.79 bits per heavy atom. The number of carbonyl (C=O) groups is 2. The molecule has 0 aliphatic heterocycles. The van der Waals surface area contributed by atoms with Crippen molar-refractivity contribution in [1.82, 2.24) is 9.88 Å². The van der Waals surface area contributed by atoms with Crippen molar-refractivity contribution in [1.29, 1.82) is 0 Å². The van der Waals surface area contributed by atoms with Crippen LogP contribution in [0.3, 0.4) is 0 Å². The van der Waals surface area contributed by atoms with Crippen molar-refractivity contribution in [2.75, 3.05) is 0 Å². The fourth-order valence-electron chi connectivity index (χ4n) is 3.58.